The van der Waals surface area contributed by atoms with Crippen LogP contribution >= 0.6 is 0 Å². The number of amides is 1. The molecule has 1 aliphatic heterocycles. The molecule has 6 nitrogen and oxygen atoms in total. The van der Waals surface area contributed by atoms with Crippen LogP contribution in [0.5, 0.6) is 11.5 Å². The Morgan fingerprint density at radius 1 is 0.963 bits per heavy atom. The van der Waals surface area contributed by atoms with Crippen LogP contribution in [0.4, 0.5) is 5.69 Å². The number of ether oxygens (including phenoxy) is 2. The van der Waals surface area contributed by atoms with E-state index in [9.17, 15) is 9.59 Å². The number of hydrogen-bond donors (Lipinski definition) is 1. The molecule has 2 aromatic carbocycles. The molecule has 4 rings (SSSR count). The topological polar surface area (TPSA) is 77.8 Å². The minimum atomic E-state index is -0.346. The van der Waals surface area contributed by atoms with E-state index in [0.717, 1.165) is 5.56 Å². The summed E-state index contributed by atoms with van der Waals surface area (Å²) in [4.78, 5) is 24.3. The molecule has 2 heterocycles. The van der Waals surface area contributed by atoms with E-state index in [0.29, 0.717) is 22.7 Å². The van der Waals surface area contributed by atoms with Gasteiger partial charge in [-0.2, -0.15) is 0 Å². The fourth-order valence-electron chi connectivity index (χ4n) is 2.60. The predicted octanol–water partition coefficient (Wildman–Crippen LogP) is 4.16. The fraction of sp³-hybridized carbons (Fsp3) is 0.0476. The zero-order valence-corrected chi connectivity index (χ0v) is 14.2. The zero-order chi connectivity index (χ0) is 18.6. The van der Waals surface area contributed by atoms with Crippen LogP contribution < -0.4 is 14.8 Å². The first-order chi connectivity index (χ1) is 13.2. The first kappa shape index (κ1) is 16.7. The number of ketones is 1. The number of allylic oxidation sites excluding steroid dienone is 1. The van der Waals surface area contributed by atoms with E-state index in [1.54, 1.807) is 42.5 Å². The van der Waals surface area contributed by atoms with Gasteiger partial charge >= 0.3 is 0 Å². The van der Waals surface area contributed by atoms with Gasteiger partial charge in [0, 0.05) is 11.3 Å². The summed E-state index contributed by atoms with van der Waals surface area (Å²) in [6.45, 7) is 0.213. The predicted molar refractivity (Wildman–Crippen MR) is 99.0 cm³/mol. The average molecular weight is 361 g/mol. The molecule has 1 aromatic heterocycles. The van der Waals surface area contributed by atoms with Crippen LogP contribution in [0.25, 0.3) is 6.08 Å². The lowest BCUT2D eigenvalue weighted by Gasteiger charge is -2.04. The summed E-state index contributed by atoms with van der Waals surface area (Å²) in [5.74, 6) is 1.10. The second-order valence-corrected chi connectivity index (χ2v) is 5.82. The summed E-state index contributed by atoms with van der Waals surface area (Å²) in [5, 5.41) is 2.70. The Hall–Kier alpha value is -3.80. The van der Waals surface area contributed by atoms with Gasteiger partial charge < -0.3 is 19.2 Å². The number of furan rings is 1. The van der Waals surface area contributed by atoms with Crippen LogP contribution in [0.3, 0.4) is 0 Å². The zero-order valence-electron chi connectivity index (χ0n) is 14.2. The molecule has 0 radical (unpaired) electrons. The summed E-state index contributed by atoms with van der Waals surface area (Å²) < 4.78 is 15.6. The van der Waals surface area contributed by atoms with Gasteiger partial charge in [0.25, 0.3) is 5.91 Å². The van der Waals surface area contributed by atoms with Crippen molar-refractivity contribution in [3.8, 4) is 11.5 Å². The van der Waals surface area contributed by atoms with Gasteiger partial charge in [-0.15, -0.1) is 0 Å². The molecular weight excluding hydrogens is 346 g/mol. The van der Waals surface area contributed by atoms with Crippen molar-refractivity contribution >= 4 is 23.5 Å². The molecule has 134 valence electrons. The van der Waals surface area contributed by atoms with Crippen molar-refractivity contribution in [2.24, 2.45) is 0 Å². The highest BCUT2D eigenvalue weighted by atomic mass is 16.7. The molecule has 1 amide bonds. The maximum Gasteiger partial charge on any atom is 0.291 e. The van der Waals surface area contributed by atoms with E-state index in [1.165, 1.54) is 12.3 Å². The Balaban J connectivity index is 1.41. The van der Waals surface area contributed by atoms with E-state index in [-0.39, 0.29) is 24.2 Å². The van der Waals surface area contributed by atoms with E-state index in [1.807, 2.05) is 18.2 Å². The number of fused-ring (bicyclic) bond motifs is 1. The number of anilines is 1. The van der Waals surface area contributed by atoms with Crippen LogP contribution in [0.15, 0.2) is 71.4 Å². The van der Waals surface area contributed by atoms with Gasteiger partial charge in [0.1, 0.15) is 0 Å². The number of hydrogen-bond acceptors (Lipinski definition) is 5. The molecular formula is C21H15NO5. The molecule has 0 bridgehead atoms. The van der Waals surface area contributed by atoms with Crippen LogP contribution in [-0.2, 0) is 0 Å². The second kappa shape index (κ2) is 7.21. The van der Waals surface area contributed by atoms with Crippen molar-refractivity contribution in [2.75, 3.05) is 12.1 Å². The molecule has 0 aliphatic carbocycles. The van der Waals surface area contributed by atoms with Gasteiger partial charge in [0.2, 0.25) is 6.79 Å². The molecule has 6 heteroatoms. The molecule has 1 N–H and O–H groups in total. The third-order valence-corrected chi connectivity index (χ3v) is 4.00. The Morgan fingerprint density at radius 3 is 2.56 bits per heavy atom. The molecule has 0 fully saturated rings. The van der Waals surface area contributed by atoms with Gasteiger partial charge in [-0.25, -0.2) is 0 Å². The van der Waals surface area contributed by atoms with Crippen molar-refractivity contribution < 1.29 is 23.5 Å². The number of nitrogens with one attached hydrogen (secondary N) is 1. The number of carbonyl (C=O) groups excluding carboxylic acids is 2. The highest BCUT2D eigenvalue weighted by Crippen LogP contribution is 2.32. The van der Waals surface area contributed by atoms with Crippen molar-refractivity contribution in [3.05, 3.63) is 83.8 Å². The summed E-state index contributed by atoms with van der Waals surface area (Å²) in [6, 6.07) is 15.4. The first-order valence-electron chi connectivity index (χ1n) is 8.26. The van der Waals surface area contributed by atoms with Crippen LogP contribution in [0.1, 0.15) is 26.5 Å². The normalized spacial score (nSPS) is 12.3. The van der Waals surface area contributed by atoms with Crippen molar-refractivity contribution in [1.29, 1.82) is 0 Å². The smallest absolute Gasteiger partial charge is 0.291 e. The SMILES string of the molecule is O=C(C=Cc1ccc2c(c1)OCO2)c1ccc(NC(=O)c2ccco2)cc1. The van der Waals surface area contributed by atoms with Crippen LogP contribution in [-0.4, -0.2) is 18.5 Å². The molecule has 0 saturated heterocycles. The minimum absolute atomic E-state index is 0.142. The molecule has 0 spiro atoms. The molecule has 3 aromatic rings. The molecule has 1 aliphatic rings. The Labute approximate surface area is 155 Å². The maximum atomic E-state index is 12.3. The van der Waals surface area contributed by atoms with Crippen molar-refractivity contribution in [3.63, 3.8) is 0 Å². The molecule has 0 unspecified atom stereocenters. The molecule has 0 saturated carbocycles. The lowest BCUT2D eigenvalue weighted by molar-refractivity contribution is 0.0996. The molecule has 0 atom stereocenters. The van der Waals surface area contributed by atoms with Crippen LogP contribution in [0, 0.1) is 0 Å². The Kier molecular flexibility index (Phi) is 4.45. The number of carbonyl (C=O) groups is 2. The standard InChI is InChI=1S/C21H15NO5/c23-17(9-3-14-4-10-18-20(12-14)27-13-26-18)15-5-7-16(8-6-15)22-21(24)19-2-1-11-25-19/h1-12H,13H2,(H,22,24). The van der Waals surface area contributed by atoms with E-state index < -0.39 is 0 Å². The Bertz CT molecular complexity index is 1000. The van der Waals surface area contributed by atoms with E-state index in [2.05, 4.69) is 5.32 Å². The average Bonchev–Trinajstić information content (AvgIpc) is 3.38. The van der Waals surface area contributed by atoms with Gasteiger partial charge in [0.15, 0.2) is 23.0 Å². The lowest BCUT2D eigenvalue weighted by Crippen LogP contribution is -2.10. The van der Waals surface area contributed by atoms with Crippen molar-refractivity contribution in [2.45, 2.75) is 0 Å². The van der Waals surface area contributed by atoms with Gasteiger partial charge in [-0.1, -0.05) is 12.1 Å². The maximum absolute atomic E-state index is 12.3. The minimum Gasteiger partial charge on any atom is -0.459 e. The highest BCUT2D eigenvalue weighted by molar-refractivity contribution is 6.07. The largest absolute Gasteiger partial charge is 0.459 e. The quantitative estimate of drug-likeness (QED) is 0.545. The summed E-state index contributed by atoms with van der Waals surface area (Å²) in [5.41, 5.74) is 1.94. The second-order valence-electron chi connectivity index (χ2n) is 5.82. The fourth-order valence-corrected chi connectivity index (χ4v) is 2.60. The van der Waals surface area contributed by atoms with Crippen molar-refractivity contribution in [1.82, 2.24) is 0 Å². The van der Waals surface area contributed by atoms with Crippen LogP contribution in [0.2, 0.25) is 0 Å². The van der Waals surface area contributed by atoms with E-state index in [4.69, 9.17) is 13.9 Å². The monoisotopic (exact) mass is 361 g/mol. The summed E-state index contributed by atoms with van der Waals surface area (Å²) >= 11 is 0. The summed E-state index contributed by atoms with van der Waals surface area (Å²) in [6.07, 6.45) is 4.65. The van der Waals surface area contributed by atoms with Gasteiger partial charge in [0.05, 0.1) is 6.26 Å². The lowest BCUT2D eigenvalue weighted by atomic mass is 10.1. The van der Waals surface area contributed by atoms with Gasteiger partial charge in [-0.3, -0.25) is 9.59 Å². The Morgan fingerprint density at radius 2 is 1.78 bits per heavy atom. The van der Waals surface area contributed by atoms with E-state index >= 15 is 0 Å². The summed E-state index contributed by atoms with van der Waals surface area (Å²) in [7, 11) is 0. The highest BCUT2D eigenvalue weighted by Gasteiger charge is 2.12. The molecule has 27 heavy (non-hydrogen) atoms. The number of benzene rings is 2. The van der Waals surface area contributed by atoms with Gasteiger partial charge in [-0.05, 0) is 60.2 Å². The third-order valence-electron chi connectivity index (χ3n) is 4.00. The number of rotatable bonds is 5. The third kappa shape index (κ3) is 3.74. The first-order valence-corrected chi connectivity index (χ1v) is 8.26.